The van der Waals surface area contributed by atoms with Gasteiger partial charge >= 0.3 is 0 Å². The molecule has 7 nitrogen and oxygen atoms in total. The minimum atomic E-state index is -0.854. The number of ether oxygens (including phenoxy) is 2. The van der Waals surface area contributed by atoms with E-state index in [4.69, 9.17) is 9.47 Å². The van der Waals surface area contributed by atoms with Gasteiger partial charge in [-0.25, -0.2) is 4.39 Å². The van der Waals surface area contributed by atoms with Crippen LogP contribution in [-0.2, 0) is 9.53 Å². The van der Waals surface area contributed by atoms with Crippen molar-refractivity contribution in [3.8, 4) is 11.4 Å². The van der Waals surface area contributed by atoms with Gasteiger partial charge in [-0.05, 0) is 59.5 Å². The molecule has 2 aromatic heterocycles. The highest BCUT2D eigenvalue weighted by Gasteiger charge is 2.46. The molecular weight excluding hydrogens is 493 g/mol. The number of aromatic nitrogens is 1. The largest absolute Gasteiger partial charge is 0.494 e. The molecule has 0 aliphatic carbocycles. The average Bonchev–Trinajstić information content (AvgIpc) is 3.63. The molecule has 37 heavy (non-hydrogen) atoms. The Balaban J connectivity index is 1.57. The van der Waals surface area contributed by atoms with Crippen molar-refractivity contribution in [2.45, 2.75) is 12.0 Å². The van der Waals surface area contributed by atoms with Crippen molar-refractivity contribution in [1.82, 2.24) is 9.47 Å². The number of benzene rings is 2. The third-order valence-corrected chi connectivity index (χ3v) is 7.45. The molecule has 3 heterocycles. The maximum absolute atomic E-state index is 15.5. The SMILES string of the molecule is COCCN1C(=O)c2c(ccc(OC)c2F)C(C(=O)Nc2ccc(-n3cccc3)cc2)C1c1cccs1. The summed E-state index contributed by atoms with van der Waals surface area (Å²) in [7, 11) is 2.88. The fourth-order valence-electron chi connectivity index (χ4n) is 4.76. The number of anilines is 1. The number of hydrogen-bond acceptors (Lipinski definition) is 5. The number of carbonyl (C=O) groups excluding carboxylic acids is 2. The Kier molecular flexibility index (Phi) is 7.07. The second kappa shape index (κ2) is 10.6. The molecular formula is C28H26FN3O4S. The minimum absolute atomic E-state index is 0.0480. The van der Waals surface area contributed by atoms with Gasteiger partial charge in [0, 0.05) is 42.3 Å². The van der Waals surface area contributed by atoms with E-state index in [0.717, 1.165) is 10.6 Å². The lowest BCUT2D eigenvalue weighted by Crippen LogP contribution is -2.47. The van der Waals surface area contributed by atoms with Crippen LogP contribution in [0.4, 0.5) is 10.1 Å². The van der Waals surface area contributed by atoms with Crippen LogP contribution in [0, 0.1) is 5.82 Å². The van der Waals surface area contributed by atoms with E-state index in [9.17, 15) is 9.59 Å². The first-order chi connectivity index (χ1) is 18.0. The predicted octanol–water partition coefficient (Wildman–Crippen LogP) is 5.25. The Labute approximate surface area is 218 Å². The number of carbonyl (C=O) groups is 2. The van der Waals surface area contributed by atoms with Gasteiger partial charge in [-0.15, -0.1) is 11.3 Å². The highest BCUT2D eigenvalue weighted by molar-refractivity contribution is 7.10. The minimum Gasteiger partial charge on any atom is -0.494 e. The summed E-state index contributed by atoms with van der Waals surface area (Å²) in [6.45, 7) is 0.438. The normalized spacial score (nSPS) is 16.9. The van der Waals surface area contributed by atoms with Crippen LogP contribution in [0.3, 0.4) is 0 Å². The molecule has 0 bridgehead atoms. The molecule has 0 saturated heterocycles. The van der Waals surface area contributed by atoms with Crippen molar-refractivity contribution in [1.29, 1.82) is 0 Å². The summed E-state index contributed by atoms with van der Waals surface area (Å²) in [4.78, 5) is 29.9. The molecule has 0 radical (unpaired) electrons. The van der Waals surface area contributed by atoms with Crippen LogP contribution < -0.4 is 10.1 Å². The number of nitrogens with one attached hydrogen (secondary N) is 1. The van der Waals surface area contributed by atoms with Gasteiger partial charge in [0.05, 0.1) is 31.2 Å². The van der Waals surface area contributed by atoms with Crippen molar-refractivity contribution in [3.63, 3.8) is 0 Å². The zero-order chi connectivity index (χ0) is 25.9. The lowest BCUT2D eigenvalue weighted by atomic mass is 9.81. The summed E-state index contributed by atoms with van der Waals surface area (Å²) in [6, 6.07) is 17.5. The van der Waals surface area contributed by atoms with Gasteiger partial charge in [-0.2, -0.15) is 0 Å². The molecule has 2 amide bonds. The van der Waals surface area contributed by atoms with E-state index < -0.39 is 23.7 Å². The number of amides is 2. The van der Waals surface area contributed by atoms with Crippen LogP contribution in [0.15, 0.2) is 78.4 Å². The highest BCUT2D eigenvalue weighted by Crippen LogP contribution is 2.46. The Hall–Kier alpha value is -3.95. The van der Waals surface area contributed by atoms with Gasteiger partial charge in [0.1, 0.15) is 0 Å². The van der Waals surface area contributed by atoms with Crippen molar-refractivity contribution < 1.29 is 23.5 Å². The maximum Gasteiger partial charge on any atom is 0.257 e. The fourth-order valence-corrected chi connectivity index (χ4v) is 5.64. The Bertz CT molecular complexity index is 1390. The van der Waals surface area contributed by atoms with Crippen LogP contribution in [0.25, 0.3) is 5.69 Å². The number of halogens is 1. The van der Waals surface area contributed by atoms with E-state index in [1.165, 1.54) is 36.5 Å². The lowest BCUT2D eigenvalue weighted by molar-refractivity contribution is -0.119. The number of rotatable bonds is 8. The Morgan fingerprint density at radius 2 is 1.81 bits per heavy atom. The first-order valence-electron chi connectivity index (χ1n) is 11.8. The second-order valence-electron chi connectivity index (χ2n) is 8.60. The first-order valence-corrected chi connectivity index (χ1v) is 12.7. The van der Waals surface area contributed by atoms with Gasteiger partial charge in [0.25, 0.3) is 5.91 Å². The smallest absolute Gasteiger partial charge is 0.257 e. The number of fused-ring (bicyclic) bond motifs is 1. The summed E-state index contributed by atoms with van der Waals surface area (Å²) in [5.74, 6) is -2.51. The summed E-state index contributed by atoms with van der Waals surface area (Å²) >= 11 is 1.45. The van der Waals surface area contributed by atoms with E-state index in [2.05, 4.69) is 5.32 Å². The number of nitrogens with zero attached hydrogens (tertiary/aromatic N) is 2. The van der Waals surface area contributed by atoms with Crippen molar-refractivity contribution in [2.24, 2.45) is 0 Å². The van der Waals surface area contributed by atoms with Crippen LogP contribution in [0.1, 0.15) is 32.8 Å². The van der Waals surface area contributed by atoms with Crippen LogP contribution in [0.5, 0.6) is 5.75 Å². The molecule has 1 N–H and O–H groups in total. The van der Waals surface area contributed by atoms with E-state index in [0.29, 0.717) is 11.3 Å². The van der Waals surface area contributed by atoms with Gasteiger partial charge in [0.15, 0.2) is 11.6 Å². The van der Waals surface area contributed by atoms with Crippen molar-refractivity contribution in [2.75, 3.05) is 32.7 Å². The third-order valence-electron chi connectivity index (χ3n) is 6.51. The Morgan fingerprint density at radius 1 is 1.05 bits per heavy atom. The topological polar surface area (TPSA) is 72.8 Å². The fraction of sp³-hybridized carbons (Fsp3) is 0.214. The van der Waals surface area contributed by atoms with E-state index in [1.807, 2.05) is 70.9 Å². The zero-order valence-electron chi connectivity index (χ0n) is 20.4. The molecule has 2 aromatic carbocycles. The summed E-state index contributed by atoms with van der Waals surface area (Å²) in [5, 5.41) is 4.89. The molecule has 1 aliphatic heterocycles. The molecule has 1 aliphatic rings. The predicted molar refractivity (Wildman–Crippen MR) is 140 cm³/mol. The van der Waals surface area contributed by atoms with Crippen LogP contribution in [-0.4, -0.2) is 48.7 Å². The molecule has 5 rings (SSSR count). The quantitative estimate of drug-likeness (QED) is 0.345. The average molecular weight is 520 g/mol. The van der Waals surface area contributed by atoms with Gasteiger partial charge in [0.2, 0.25) is 5.91 Å². The first kappa shape index (κ1) is 24.7. The van der Waals surface area contributed by atoms with Crippen LogP contribution >= 0.6 is 11.3 Å². The monoisotopic (exact) mass is 519 g/mol. The van der Waals surface area contributed by atoms with Crippen molar-refractivity contribution in [3.05, 3.63) is 100 Å². The standard InChI is InChI=1S/C28H26FN3O4S/c1-35-16-15-32-26(22-6-5-17-37-22)24(20-11-12-21(36-2)25(29)23(20)28(32)34)27(33)30-18-7-9-19(10-8-18)31-13-3-4-14-31/h3-14,17,24,26H,15-16H2,1-2H3,(H,30,33). The number of hydrogen-bond donors (Lipinski definition) is 1. The molecule has 9 heteroatoms. The van der Waals surface area contributed by atoms with E-state index in [-0.39, 0.29) is 30.4 Å². The second-order valence-corrected chi connectivity index (χ2v) is 9.58. The molecule has 0 fully saturated rings. The summed E-state index contributed by atoms with van der Waals surface area (Å²) in [6.07, 6.45) is 3.87. The molecule has 0 spiro atoms. The van der Waals surface area contributed by atoms with Gasteiger partial charge in [-0.3, -0.25) is 9.59 Å². The molecule has 4 aromatic rings. The molecule has 190 valence electrons. The number of thiophene rings is 1. The van der Waals surface area contributed by atoms with Crippen LogP contribution in [0.2, 0.25) is 0 Å². The molecule has 2 atom stereocenters. The van der Waals surface area contributed by atoms with Gasteiger partial charge in [-0.1, -0.05) is 12.1 Å². The third kappa shape index (κ3) is 4.63. The zero-order valence-corrected chi connectivity index (χ0v) is 21.2. The number of methoxy groups -OCH3 is 2. The summed E-state index contributed by atoms with van der Waals surface area (Å²) < 4.78 is 27.8. The summed E-state index contributed by atoms with van der Waals surface area (Å²) in [5.41, 5.74) is 1.73. The lowest BCUT2D eigenvalue weighted by Gasteiger charge is -2.41. The Morgan fingerprint density at radius 3 is 2.46 bits per heavy atom. The molecule has 2 unspecified atom stereocenters. The maximum atomic E-state index is 15.5. The van der Waals surface area contributed by atoms with E-state index in [1.54, 1.807) is 6.07 Å². The highest BCUT2D eigenvalue weighted by atomic mass is 32.1. The molecule has 0 saturated carbocycles. The van der Waals surface area contributed by atoms with E-state index >= 15 is 4.39 Å². The van der Waals surface area contributed by atoms with Gasteiger partial charge < -0.3 is 24.3 Å². The van der Waals surface area contributed by atoms with Crippen molar-refractivity contribution >= 4 is 28.8 Å².